The Balaban J connectivity index is 0.000000381. The number of hydrogen-bond donors (Lipinski definition) is 2. The minimum atomic E-state index is -1.01. The van der Waals surface area contributed by atoms with Gasteiger partial charge in [0.2, 0.25) is 0 Å². The van der Waals surface area contributed by atoms with Crippen molar-refractivity contribution in [3.63, 3.8) is 0 Å². The SMILES string of the molecule is C=S1[C@@H]2C(=CC(C)=O)C(=O)N2[C@@H](C(=O)O)C1(C)C.CC(C)(C)C(=O)O. The van der Waals surface area contributed by atoms with Gasteiger partial charge in [0.25, 0.3) is 5.91 Å². The number of nitrogens with zero attached hydrogens (tertiary/aromatic N) is 1. The van der Waals surface area contributed by atoms with Crippen molar-refractivity contribution in [2.24, 2.45) is 5.41 Å². The van der Waals surface area contributed by atoms with E-state index in [2.05, 4.69) is 5.87 Å². The number of aliphatic carboxylic acids is 2. The smallest absolute Gasteiger partial charge is 0.327 e. The van der Waals surface area contributed by atoms with Gasteiger partial charge in [0.1, 0.15) is 11.4 Å². The molecule has 2 saturated heterocycles. The predicted molar refractivity (Wildman–Crippen MR) is 96.7 cm³/mol. The van der Waals surface area contributed by atoms with Gasteiger partial charge in [0.15, 0.2) is 5.78 Å². The van der Waals surface area contributed by atoms with Gasteiger partial charge in [-0.05, 0) is 47.6 Å². The van der Waals surface area contributed by atoms with E-state index in [0.717, 1.165) is 0 Å². The second kappa shape index (κ2) is 6.74. The lowest BCUT2D eigenvalue weighted by Crippen LogP contribution is -2.58. The number of ketones is 1. The van der Waals surface area contributed by atoms with E-state index in [1.165, 1.54) is 17.9 Å². The first-order chi connectivity index (χ1) is 11.1. The Kier molecular flexibility index (Phi) is 5.69. The van der Waals surface area contributed by atoms with Crippen LogP contribution in [0.25, 0.3) is 0 Å². The minimum Gasteiger partial charge on any atom is -0.481 e. The highest BCUT2D eigenvalue weighted by Crippen LogP contribution is 2.56. The maximum atomic E-state index is 11.9. The van der Waals surface area contributed by atoms with Crippen molar-refractivity contribution in [2.45, 2.75) is 57.7 Å². The number of hydrogen-bond acceptors (Lipinski definition) is 4. The molecule has 0 aromatic heterocycles. The van der Waals surface area contributed by atoms with E-state index in [1.54, 1.807) is 34.6 Å². The van der Waals surface area contributed by atoms with Crippen LogP contribution >= 0.6 is 10.5 Å². The van der Waals surface area contributed by atoms with Crippen molar-refractivity contribution in [1.82, 2.24) is 4.90 Å². The van der Waals surface area contributed by atoms with Crippen LogP contribution in [-0.4, -0.2) is 60.8 Å². The largest absolute Gasteiger partial charge is 0.481 e. The fourth-order valence-electron chi connectivity index (χ4n) is 2.52. The van der Waals surface area contributed by atoms with Crippen LogP contribution in [0.2, 0.25) is 0 Å². The molecule has 7 nitrogen and oxygen atoms in total. The lowest BCUT2D eigenvalue weighted by molar-refractivity contribution is -0.152. The molecule has 8 heteroatoms. The van der Waals surface area contributed by atoms with Crippen molar-refractivity contribution in [3.05, 3.63) is 11.6 Å². The van der Waals surface area contributed by atoms with E-state index in [9.17, 15) is 24.3 Å². The molecule has 2 N–H and O–H groups in total. The van der Waals surface area contributed by atoms with Crippen LogP contribution in [0.3, 0.4) is 0 Å². The molecule has 0 aromatic rings. The Morgan fingerprint density at radius 1 is 1.24 bits per heavy atom. The van der Waals surface area contributed by atoms with Crippen LogP contribution in [0.4, 0.5) is 0 Å². The third-order valence-corrected chi connectivity index (χ3v) is 6.71. The first-order valence-corrected chi connectivity index (χ1v) is 9.13. The average molecular weight is 371 g/mol. The molecule has 140 valence electrons. The van der Waals surface area contributed by atoms with Gasteiger partial charge in [-0.3, -0.25) is 14.4 Å². The Morgan fingerprint density at radius 3 is 2.00 bits per heavy atom. The van der Waals surface area contributed by atoms with Gasteiger partial charge in [-0.15, -0.1) is 0 Å². The van der Waals surface area contributed by atoms with Gasteiger partial charge in [0.05, 0.1) is 11.0 Å². The summed E-state index contributed by atoms with van der Waals surface area (Å²) in [6.07, 6.45) is 1.30. The monoisotopic (exact) mass is 371 g/mol. The molecule has 3 atom stereocenters. The molecule has 2 heterocycles. The standard InChI is InChI=1S/C12H15NO4S.C5H10O2/c1-6(14)5-7-9(15)13-8(11(16)17)12(2,3)18(4)10(7)13;1-5(2,3)4(6)7/h5,8,10H,4H2,1-3H3,(H,16,17);1-3H3,(H,6,7)/t8-,10+,18?;/m0./s1. The van der Waals surface area contributed by atoms with Gasteiger partial charge in [-0.2, -0.15) is 10.5 Å². The number of allylic oxidation sites excluding steroid dienone is 1. The minimum absolute atomic E-state index is 0.202. The third-order valence-electron chi connectivity index (χ3n) is 4.12. The molecule has 2 fully saturated rings. The normalized spacial score (nSPS) is 28.6. The number of carboxylic acid groups (broad SMARTS) is 2. The maximum absolute atomic E-state index is 11.9. The van der Waals surface area contributed by atoms with Crippen molar-refractivity contribution >= 4 is 40.0 Å². The number of carbonyl (C=O) groups excluding carboxylic acids is 2. The first-order valence-electron chi connectivity index (χ1n) is 7.68. The summed E-state index contributed by atoms with van der Waals surface area (Å²) in [5, 5.41) is 17.2. The van der Waals surface area contributed by atoms with Gasteiger partial charge in [-0.25, -0.2) is 4.79 Å². The highest BCUT2D eigenvalue weighted by atomic mass is 32.2. The number of carboxylic acids is 2. The van der Waals surface area contributed by atoms with Crippen LogP contribution in [0.1, 0.15) is 41.5 Å². The summed E-state index contributed by atoms with van der Waals surface area (Å²) in [6, 6.07) is -0.861. The van der Waals surface area contributed by atoms with Crippen molar-refractivity contribution in [3.8, 4) is 0 Å². The number of β-lactam (4-membered cyclic amide) rings is 1. The summed E-state index contributed by atoms with van der Waals surface area (Å²) in [5.41, 5.74) is -0.183. The summed E-state index contributed by atoms with van der Waals surface area (Å²) in [6.45, 7) is 9.97. The molecule has 0 aromatic carbocycles. The van der Waals surface area contributed by atoms with Crippen LogP contribution in [0.15, 0.2) is 11.6 Å². The van der Waals surface area contributed by atoms with E-state index >= 15 is 0 Å². The molecule has 1 unspecified atom stereocenters. The molecule has 0 saturated carbocycles. The first kappa shape index (κ1) is 21.1. The molecule has 2 rings (SSSR count). The number of carbonyl (C=O) groups is 4. The molecule has 25 heavy (non-hydrogen) atoms. The number of rotatable bonds is 2. The van der Waals surface area contributed by atoms with Gasteiger partial charge in [-0.1, -0.05) is 5.87 Å². The maximum Gasteiger partial charge on any atom is 0.327 e. The zero-order chi connectivity index (χ0) is 19.9. The molecule has 2 aliphatic heterocycles. The third kappa shape index (κ3) is 3.84. The fraction of sp³-hybridized carbons (Fsp3) is 0.588. The average Bonchev–Trinajstić information content (AvgIpc) is 2.61. The Labute approximate surface area is 149 Å². The van der Waals surface area contributed by atoms with Crippen molar-refractivity contribution < 1.29 is 29.4 Å². The summed E-state index contributed by atoms with van der Waals surface area (Å²) in [4.78, 5) is 45.7. The van der Waals surface area contributed by atoms with Crippen LogP contribution < -0.4 is 0 Å². The van der Waals surface area contributed by atoms with Crippen LogP contribution in [0.5, 0.6) is 0 Å². The molecule has 1 amide bonds. The summed E-state index contributed by atoms with van der Waals surface area (Å²) < 4.78 is -0.585. The zero-order valence-electron chi connectivity index (χ0n) is 15.3. The lowest BCUT2D eigenvalue weighted by Gasteiger charge is -2.39. The lowest BCUT2D eigenvalue weighted by atomic mass is 9.95. The summed E-state index contributed by atoms with van der Waals surface area (Å²) in [5.74, 6) is 1.69. The second-order valence-corrected chi connectivity index (χ2v) is 9.96. The highest BCUT2D eigenvalue weighted by Gasteiger charge is 2.62. The van der Waals surface area contributed by atoms with E-state index in [1.807, 2.05) is 0 Å². The fourth-order valence-corrected chi connectivity index (χ4v) is 4.57. The van der Waals surface area contributed by atoms with Crippen LogP contribution in [-0.2, 0) is 19.2 Å². The summed E-state index contributed by atoms with van der Waals surface area (Å²) in [7, 11) is -0.535. The quantitative estimate of drug-likeness (QED) is 0.434. The second-order valence-electron chi connectivity index (χ2n) is 7.60. The predicted octanol–water partition coefficient (Wildman–Crippen LogP) is 1.73. The Hall–Kier alpha value is -1.96. The molecular formula is C17H25NO6S. The van der Waals surface area contributed by atoms with Gasteiger partial charge in [0, 0.05) is 4.75 Å². The topological polar surface area (TPSA) is 112 Å². The van der Waals surface area contributed by atoms with E-state index in [-0.39, 0.29) is 17.1 Å². The van der Waals surface area contributed by atoms with Crippen LogP contribution in [0, 0.1) is 5.41 Å². The molecule has 0 spiro atoms. The number of amides is 1. The Morgan fingerprint density at radius 2 is 1.68 bits per heavy atom. The molecule has 0 bridgehead atoms. The molecule has 2 aliphatic rings. The molecule has 0 radical (unpaired) electrons. The highest BCUT2D eigenvalue weighted by molar-refractivity contribution is 8.16. The van der Waals surface area contributed by atoms with Crippen molar-refractivity contribution in [2.75, 3.05) is 0 Å². The summed E-state index contributed by atoms with van der Waals surface area (Å²) >= 11 is 0. The van der Waals surface area contributed by atoms with E-state index < -0.39 is 38.6 Å². The number of fused-ring (bicyclic) bond motifs is 1. The molecule has 0 aliphatic carbocycles. The van der Waals surface area contributed by atoms with Crippen molar-refractivity contribution in [1.29, 1.82) is 0 Å². The zero-order valence-corrected chi connectivity index (χ0v) is 16.1. The van der Waals surface area contributed by atoms with Gasteiger partial charge < -0.3 is 15.1 Å². The molecular weight excluding hydrogens is 346 g/mol. The van der Waals surface area contributed by atoms with Gasteiger partial charge >= 0.3 is 11.9 Å². The Bertz CT molecular complexity index is 686. The van der Waals surface area contributed by atoms with E-state index in [0.29, 0.717) is 5.57 Å². The van der Waals surface area contributed by atoms with E-state index in [4.69, 9.17) is 5.11 Å².